The molecule has 0 bridgehead atoms. The van der Waals surface area contributed by atoms with Gasteiger partial charge in [0.25, 0.3) is 0 Å². The average molecular weight is 333 g/mol. The van der Waals surface area contributed by atoms with Gasteiger partial charge in [-0.2, -0.15) is 0 Å². The molecule has 1 N–H and O–H groups in total. The zero-order valence-corrected chi connectivity index (χ0v) is 13.1. The van der Waals surface area contributed by atoms with E-state index in [1.165, 1.54) is 0 Å². The number of anilines is 2. The van der Waals surface area contributed by atoms with Crippen LogP contribution in [0.4, 0.5) is 11.4 Å². The Balaban J connectivity index is 1.99. The number of rotatable bonds is 4. The summed E-state index contributed by atoms with van der Waals surface area (Å²) in [7, 11) is 1.90. The first-order chi connectivity index (χ1) is 9.56. The number of hydrogen-bond acceptors (Lipinski definition) is 2. The van der Waals surface area contributed by atoms with Crippen LogP contribution in [0.15, 0.2) is 53.0 Å². The molecule has 2 aromatic rings. The summed E-state index contributed by atoms with van der Waals surface area (Å²) in [4.78, 5) is 14.0. The van der Waals surface area contributed by atoms with Gasteiger partial charge in [0.15, 0.2) is 0 Å². The Morgan fingerprint density at radius 2 is 1.90 bits per heavy atom. The van der Waals surface area contributed by atoms with Crippen molar-refractivity contribution in [3.63, 3.8) is 0 Å². The molecule has 0 atom stereocenters. The van der Waals surface area contributed by atoms with Gasteiger partial charge in [0, 0.05) is 17.2 Å². The van der Waals surface area contributed by atoms with Gasteiger partial charge in [0.05, 0.1) is 12.2 Å². The molecule has 104 valence electrons. The van der Waals surface area contributed by atoms with E-state index in [0.29, 0.717) is 6.54 Å². The Morgan fingerprint density at radius 3 is 2.55 bits per heavy atom. The summed E-state index contributed by atoms with van der Waals surface area (Å²) >= 11 is 3.46. The fraction of sp³-hybridized carbons (Fsp3) is 0.188. The van der Waals surface area contributed by atoms with Gasteiger partial charge in [-0.25, -0.2) is 0 Å². The molecule has 0 saturated heterocycles. The Bertz CT molecular complexity index is 599. The van der Waals surface area contributed by atoms with Crippen molar-refractivity contribution < 1.29 is 4.79 Å². The fourth-order valence-corrected chi connectivity index (χ4v) is 2.49. The van der Waals surface area contributed by atoms with Crippen molar-refractivity contribution >= 4 is 33.2 Å². The number of halogens is 1. The first-order valence-corrected chi connectivity index (χ1v) is 7.18. The van der Waals surface area contributed by atoms with E-state index in [4.69, 9.17) is 0 Å². The van der Waals surface area contributed by atoms with E-state index in [1.54, 1.807) is 0 Å². The maximum atomic E-state index is 12.1. The van der Waals surface area contributed by atoms with Crippen LogP contribution in [-0.4, -0.2) is 19.5 Å². The SMILES string of the molecule is Cc1ccc(NC(=O)CN(C)c2ccccc2)c(Br)c1. The van der Waals surface area contributed by atoms with Crippen molar-refractivity contribution in [3.05, 3.63) is 58.6 Å². The first-order valence-electron chi connectivity index (χ1n) is 6.38. The second-order valence-corrected chi connectivity index (χ2v) is 5.58. The number of hydrogen-bond donors (Lipinski definition) is 1. The molecule has 0 aliphatic heterocycles. The van der Waals surface area contributed by atoms with Crippen molar-refractivity contribution in [1.82, 2.24) is 0 Å². The average Bonchev–Trinajstić information content (AvgIpc) is 2.43. The molecular weight excluding hydrogens is 316 g/mol. The van der Waals surface area contributed by atoms with Gasteiger partial charge < -0.3 is 10.2 Å². The molecule has 0 aliphatic carbocycles. The number of benzene rings is 2. The lowest BCUT2D eigenvalue weighted by Crippen LogP contribution is -2.30. The number of carbonyl (C=O) groups excluding carboxylic acids is 1. The van der Waals surface area contributed by atoms with E-state index >= 15 is 0 Å². The number of nitrogens with zero attached hydrogens (tertiary/aromatic N) is 1. The van der Waals surface area contributed by atoms with Crippen LogP contribution in [-0.2, 0) is 4.79 Å². The summed E-state index contributed by atoms with van der Waals surface area (Å²) in [5, 5.41) is 2.91. The first kappa shape index (κ1) is 14.6. The number of aryl methyl sites for hydroxylation is 1. The van der Waals surface area contributed by atoms with E-state index in [2.05, 4.69) is 21.2 Å². The smallest absolute Gasteiger partial charge is 0.243 e. The van der Waals surface area contributed by atoms with Crippen molar-refractivity contribution in [2.75, 3.05) is 23.8 Å². The van der Waals surface area contributed by atoms with Crippen LogP contribution in [0.3, 0.4) is 0 Å². The molecule has 0 saturated carbocycles. The molecule has 0 radical (unpaired) electrons. The molecule has 0 unspecified atom stereocenters. The predicted octanol–water partition coefficient (Wildman–Crippen LogP) is 3.83. The van der Waals surface area contributed by atoms with E-state index in [0.717, 1.165) is 21.4 Å². The quantitative estimate of drug-likeness (QED) is 0.922. The Kier molecular flexibility index (Phi) is 4.79. The van der Waals surface area contributed by atoms with Gasteiger partial charge >= 0.3 is 0 Å². The maximum Gasteiger partial charge on any atom is 0.243 e. The largest absolute Gasteiger partial charge is 0.365 e. The molecule has 0 spiro atoms. The molecule has 0 heterocycles. The van der Waals surface area contributed by atoms with Gasteiger partial charge in [-0.05, 0) is 52.7 Å². The van der Waals surface area contributed by atoms with Gasteiger partial charge in [0.1, 0.15) is 0 Å². The predicted molar refractivity (Wildman–Crippen MR) is 87.2 cm³/mol. The van der Waals surface area contributed by atoms with Crippen LogP contribution in [0.25, 0.3) is 0 Å². The Hall–Kier alpha value is -1.81. The Morgan fingerprint density at radius 1 is 1.20 bits per heavy atom. The highest BCUT2D eigenvalue weighted by atomic mass is 79.9. The normalized spacial score (nSPS) is 10.2. The van der Waals surface area contributed by atoms with E-state index < -0.39 is 0 Å². The van der Waals surface area contributed by atoms with Gasteiger partial charge in [-0.15, -0.1) is 0 Å². The summed E-state index contributed by atoms with van der Waals surface area (Å²) in [5.41, 5.74) is 2.96. The van der Waals surface area contributed by atoms with Gasteiger partial charge in [-0.3, -0.25) is 4.79 Å². The third-order valence-corrected chi connectivity index (χ3v) is 3.63. The molecule has 0 aromatic heterocycles. The zero-order valence-electron chi connectivity index (χ0n) is 11.6. The third kappa shape index (κ3) is 3.84. The highest BCUT2D eigenvalue weighted by molar-refractivity contribution is 9.10. The minimum atomic E-state index is -0.0408. The van der Waals surface area contributed by atoms with Crippen molar-refractivity contribution in [2.24, 2.45) is 0 Å². The van der Waals surface area contributed by atoms with E-state index in [-0.39, 0.29) is 5.91 Å². The minimum Gasteiger partial charge on any atom is -0.365 e. The summed E-state index contributed by atoms with van der Waals surface area (Å²) in [6.07, 6.45) is 0. The Labute approximate surface area is 127 Å². The van der Waals surface area contributed by atoms with E-state index in [9.17, 15) is 4.79 Å². The monoisotopic (exact) mass is 332 g/mol. The highest BCUT2D eigenvalue weighted by Crippen LogP contribution is 2.23. The highest BCUT2D eigenvalue weighted by Gasteiger charge is 2.09. The summed E-state index contributed by atoms with van der Waals surface area (Å²) in [6, 6.07) is 15.7. The zero-order chi connectivity index (χ0) is 14.5. The summed E-state index contributed by atoms with van der Waals surface area (Å²) in [6.45, 7) is 2.32. The van der Waals surface area contributed by atoms with Crippen molar-refractivity contribution in [1.29, 1.82) is 0 Å². The lowest BCUT2D eigenvalue weighted by atomic mass is 10.2. The second-order valence-electron chi connectivity index (χ2n) is 4.72. The second kappa shape index (κ2) is 6.57. The molecule has 0 fully saturated rings. The lowest BCUT2D eigenvalue weighted by molar-refractivity contribution is -0.114. The van der Waals surface area contributed by atoms with Gasteiger partial charge in [0.2, 0.25) is 5.91 Å². The number of para-hydroxylation sites is 1. The van der Waals surface area contributed by atoms with Crippen LogP contribution < -0.4 is 10.2 Å². The summed E-state index contributed by atoms with van der Waals surface area (Å²) < 4.78 is 0.896. The van der Waals surface area contributed by atoms with Gasteiger partial charge in [-0.1, -0.05) is 24.3 Å². The minimum absolute atomic E-state index is 0.0408. The molecule has 0 aliphatic rings. The number of likely N-dealkylation sites (N-methyl/N-ethyl adjacent to an activating group) is 1. The topological polar surface area (TPSA) is 32.3 Å². The maximum absolute atomic E-state index is 12.1. The van der Waals surface area contributed by atoms with Crippen LogP contribution >= 0.6 is 15.9 Å². The summed E-state index contributed by atoms with van der Waals surface area (Å²) in [5.74, 6) is -0.0408. The molecule has 3 nitrogen and oxygen atoms in total. The van der Waals surface area contributed by atoms with Crippen molar-refractivity contribution in [2.45, 2.75) is 6.92 Å². The molecular formula is C16H17BrN2O. The molecule has 2 aromatic carbocycles. The standard InChI is InChI=1S/C16H17BrN2O/c1-12-8-9-15(14(17)10-12)18-16(20)11-19(2)13-6-4-3-5-7-13/h3-10H,11H2,1-2H3,(H,18,20). The number of nitrogens with one attached hydrogen (secondary N) is 1. The van der Waals surface area contributed by atoms with Crippen molar-refractivity contribution in [3.8, 4) is 0 Å². The number of carbonyl (C=O) groups is 1. The molecule has 2 rings (SSSR count). The molecule has 1 amide bonds. The third-order valence-electron chi connectivity index (χ3n) is 2.98. The molecule has 4 heteroatoms. The van der Waals surface area contributed by atoms with Crippen LogP contribution in [0.5, 0.6) is 0 Å². The molecule has 20 heavy (non-hydrogen) atoms. The van der Waals surface area contributed by atoms with Crippen LogP contribution in [0.1, 0.15) is 5.56 Å². The van der Waals surface area contributed by atoms with E-state index in [1.807, 2.05) is 67.4 Å². The fourth-order valence-electron chi connectivity index (χ4n) is 1.90. The number of amides is 1. The lowest BCUT2D eigenvalue weighted by Gasteiger charge is -2.19. The van der Waals surface area contributed by atoms with Crippen LogP contribution in [0, 0.1) is 6.92 Å². The van der Waals surface area contributed by atoms with Crippen LogP contribution in [0.2, 0.25) is 0 Å².